The summed E-state index contributed by atoms with van der Waals surface area (Å²) in [6.07, 6.45) is 2.50. The lowest BCUT2D eigenvalue weighted by molar-refractivity contribution is 0.0520. The number of carbonyl (C=O) groups excluding carboxylic acids is 1. The van der Waals surface area contributed by atoms with Crippen molar-refractivity contribution in [3.8, 4) is 0 Å². The molecule has 1 aromatic rings. The molecule has 0 aromatic carbocycles. The van der Waals surface area contributed by atoms with E-state index < -0.39 is 0 Å². The zero-order chi connectivity index (χ0) is 13.8. The molecule has 5 nitrogen and oxygen atoms in total. The molecule has 0 radical (unpaired) electrons. The lowest BCUT2D eigenvalue weighted by Gasteiger charge is -2.25. The van der Waals surface area contributed by atoms with Crippen molar-refractivity contribution in [2.75, 3.05) is 38.7 Å². The van der Waals surface area contributed by atoms with Crippen LogP contribution in [0.4, 0.5) is 5.13 Å². The third kappa shape index (κ3) is 3.45. The van der Waals surface area contributed by atoms with Gasteiger partial charge in [-0.25, -0.2) is 9.78 Å². The third-order valence-corrected chi connectivity index (χ3v) is 4.41. The molecule has 2 heterocycles. The van der Waals surface area contributed by atoms with Crippen LogP contribution in [-0.4, -0.2) is 55.7 Å². The number of carbonyl (C=O) groups is 1. The van der Waals surface area contributed by atoms with Crippen LogP contribution in [-0.2, 0) is 4.74 Å². The Morgan fingerprint density at radius 3 is 3.11 bits per heavy atom. The average molecular weight is 283 g/mol. The van der Waals surface area contributed by atoms with E-state index in [-0.39, 0.29) is 5.97 Å². The van der Waals surface area contributed by atoms with Crippen LogP contribution >= 0.6 is 11.3 Å². The molecule has 106 valence electrons. The Hall–Kier alpha value is -1.14. The molecule has 1 fully saturated rings. The van der Waals surface area contributed by atoms with Crippen LogP contribution in [0.3, 0.4) is 0 Å². The molecular weight excluding hydrogens is 262 g/mol. The third-order valence-electron chi connectivity index (χ3n) is 3.46. The van der Waals surface area contributed by atoms with Crippen LogP contribution in [0.25, 0.3) is 0 Å². The largest absolute Gasteiger partial charge is 0.461 e. The van der Waals surface area contributed by atoms with E-state index >= 15 is 0 Å². The Labute approximate surface area is 118 Å². The highest BCUT2D eigenvalue weighted by Crippen LogP contribution is 2.23. The molecule has 1 aromatic heterocycles. The molecular formula is C13H21N3O2S. The van der Waals surface area contributed by atoms with Gasteiger partial charge in [-0.1, -0.05) is 0 Å². The van der Waals surface area contributed by atoms with Crippen molar-refractivity contribution >= 4 is 22.4 Å². The van der Waals surface area contributed by atoms with E-state index in [4.69, 9.17) is 4.74 Å². The first-order valence-corrected chi connectivity index (χ1v) is 7.53. The predicted octanol–water partition coefficient (Wildman–Crippen LogP) is 1.85. The number of likely N-dealkylation sites (tertiary alicyclic amines) is 1. The predicted molar refractivity (Wildman–Crippen MR) is 77.0 cm³/mol. The lowest BCUT2D eigenvalue weighted by atomic mass is 10.2. The minimum absolute atomic E-state index is 0.337. The summed E-state index contributed by atoms with van der Waals surface area (Å²) in [6, 6.07) is 0.583. The van der Waals surface area contributed by atoms with Crippen molar-refractivity contribution < 1.29 is 9.53 Å². The van der Waals surface area contributed by atoms with Crippen molar-refractivity contribution in [2.45, 2.75) is 25.8 Å². The zero-order valence-corrected chi connectivity index (χ0v) is 12.6. The van der Waals surface area contributed by atoms with Gasteiger partial charge in [0.2, 0.25) is 0 Å². The van der Waals surface area contributed by atoms with Gasteiger partial charge in [0.15, 0.2) is 10.8 Å². The van der Waals surface area contributed by atoms with Crippen LogP contribution in [0, 0.1) is 0 Å². The van der Waals surface area contributed by atoms with Gasteiger partial charge in [0.05, 0.1) is 6.61 Å². The fraction of sp³-hybridized carbons (Fsp3) is 0.692. The second-order valence-corrected chi connectivity index (χ2v) is 5.73. The quantitative estimate of drug-likeness (QED) is 0.772. The summed E-state index contributed by atoms with van der Waals surface area (Å²) < 4.78 is 4.95. The lowest BCUT2D eigenvalue weighted by Crippen LogP contribution is -2.36. The molecule has 0 bridgehead atoms. The van der Waals surface area contributed by atoms with E-state index in [1.54, 1.807) is 12.3 Å². The van der Waals surface area contributed by atoms with Gasteiger partial charge in [-0.15, -0.1) is 11.3 Å². The highest BCUT2D eigenvalue weighted by molar-refractivity contribution is 7.13. The Balaban J connectivity index is 1.95. The molecule has 0 aliphatic carbocycles. The summed E-state index contributed by atoms with van der Waals surface area (Å²) >= 11 is 1.49. The summed E-state index contributed by atoms with van der Waals surface area (Å²) in [6.45, 7) is 4.30. The number of nitrogens with zero attached hydrogens (tertiary/aromatic N) is 3. The monoisotopic (exact) mass is 283 g/mol. The Kier molecular flexibility index (Phi) is 4.76. The number of hydrogen-bond donors (Lipinski definition) is 0. The number of anilines is 1. The fourth-order valence-corrected chi connectivity index (χ4v) is 3.11. The molecule has 1 saturated heterocycles. The molecule has 0 spiro atoms. The molecule has 1 aliphatic rings. The maximum absolute atomic E-state index is 11.6. The van der Waals surface area contributed by atoms with E-state index in [2.05, 4.69) is 21.8 Å². The number of aromatic nitrogens is 1. The smallest absolute Gasteiger partial charge is 0.357 e. The second-order valence-electron chi connectivity index (χ2n) is 4.89. The Morgan fingerprint density at radius 2 is 2.47 bits per heavy atom. The number of ether oxygens (including phenoxy) is 1. The highest BCUT2D eigenvalue weighted by Gasteiger charge is 2.23. The SMILES string of the molecule is CCOC(=O)c1csc(N(C)CC2CCCN2C)n1. The summed E-state index contributed by atoms with van der Waals surface area (Å²) in [5.41, 5.74) is 0.411. The van der Waals surface area contributed by atoms with Crippen LogP contribution in [0.5, 0.6) is 0 Å². The first kappa shape index (κ1) is 14.3. The van der Waals surface area contributed by atoms with Gasteiger partial charge in [-0.2, -0.15) is 0 Å². The molecule has 0 amide bonds. The molecule has 19 heavy (non-hydrogen) atoms. The number of likely N-dealkylation sites (N-methyl/N-ethyl adjacent to an activating group) is 2. The second kappa shape index (κ2) is 6.34. The van der Waals surface area contributed by atoms with E-state index in [1.807, 2.05) is 7.05 Å². The first-order valence-electron chi connectivity index (χ1n) is 6.65. The van der Waals surface area contributed by atoms with Gasteiger partial charge < -0.3 is 14.5 Å². The molecule has 0 N–H and O–H groups in total. The zero-order valence-electron chi connectivity index (χ0n) is 11.8. The van der Waals surface area contributed by atoms with Gasteiger partial charge >= 0.3 is 5.97 Å². The highest BCUT2D eigenvalue weighted by atomic mass is 32.1. The molecule has 1 atom stereocenters. The van der Waals surface area contributed by atoms with E-state index in [0.29, 0.717) is 18.3 Å². The van der Waals surface area contributed by atoms with E-state index in [9.17, 15) is 4.79 Å². The first-order chi connectivity index (χ1) is 9.11. The van der Waals surface area contributed by atoms with Crippen LogP contribution in [0.2, 0.25) is 0 Å². The summed E-state index contributed by atoms with van der Waals surface area (Å²) in [5.74, 6) is -0.337. The topological polar surface area (TPSA) is 45.7 Å². The molecule has 6 heteroatoms. The maximum atomic E-state index is 11.6. The molecule has 1 aliphatic heterocycles. The minimum Gasteiger partial charge on any atom is -0.461 e. The number of rotatable bonds is 5. The van der Waals surface area contributed by atoms with Crippen LogP contribution in [0.15, 0.2) is 5.38 Å². The molecule has 0 saturated carbocycles. The Morgan fingerprint density at radius 1 is 1.68 bits per heavy atom. The minimum atomic E-state index is -0.337. The van der Waals surface area contributed by atoms with Crippen molar-refractivity contribution in [1.29, 1.82) is 0 Å². The van der Waals surface area contributed by atoms with Gasteiger partial charge in [0.1, 0.15) is 0 Å². The normalized spacial score (nSPS) is 19.6. The Bertz CT molecular complexity index is 435. The van der Waals surface area contributed by atoms with Gasteiger partial charge in [0, 0.05) is 25.0 Å². The average Bonchev–Trinajstić information content (AvgIpc) is 2.99. The van der Waals surface area contributed by atoms with Crippen molar-refractivity contribution in [3.63, 3.8) is 0 Å². The van der Waals surface area contributed by atoms with Crippen molar-refractivity contribution in [3.05, 3.63) is 11.1 Å². The summed E-state index contributed by atoms with van der Waals surface area (Å²) in [4.78, 5) is 20.4. The van der Waals surface area contributed by atoms with Crippen LogP contribution in [0.1, 0.15) is 30.3 Å². The maximum Gasteiger partial charge on any atom is 0.357 e. The van der Waals surface area contributed by atoms with E-state index in [0.717, 1.165) is 11.7 Å². The molecule has 1 unspecified atom stereocenters. The number of esters is 1. The van der Waals surface area contributed by atoms with Gasteiger partial charge in [0.25, 0.3) is 0 Å². The van der Waals surface area contributed by atoms with Crippen LogP contribution < -0.4 is 4.90 Å². The summed E-state index contributed by atoms with van der Waals surface area (Å²) in [5, 5.41) is 2.64. The van der Waals surface area contributed by atoms with E-state index in [1.165, 1.54) is 30.7 Å². The van der Waals surface area contributed by atoms with Gasteiger partial charge in [-0.05, 0) is 33.4 Å². The number of hydrogen-bond acceptors (Lipinski definition) is 6. The van der Waals surface area contributed by atoms with Gasteiger partial charge in [-0.3, -0.25) is 0 Å². The van der Waals surface area contributed by atoms with Crippen molar-refractivity contribution in [2.24, 2.45) is 0 Å². The van der Waals surface area contributed by atoms with Crippen molar-refractivity contribution in [1.82, 2.24) is 9.88 Å². The summed E-state index contributed by atoms with van der Waals surface area (Å²) in [7, 11) is 4.19. The fourth-order valence-electron chi connectivity index (χ4n) is 2.34. The standard InChI is InChI=1S/C13H21N3O2S/c1-4-18-12(17)11-9-19-13(14-11)16(3)8-10-6-5-7-15(10)2/h9-10H,4-8H2,1-3H3. The molecule has 2 rings (SSSR count). The number of thiazole rings is 1.